The van der Waals surface area contributed by atoms with E-state index >= 15 is 0 Å². The van der Waals surface area contributed by atoms with Gasteiger partial charge in [0.1, 0.15) is 6.04 Å². The normalized spacial score (nSPS) is 22.0. The number of rotatable bonds is 3. The van der Waals surface area contributed by atoms with Crippen molar-refractivity contribution >= 4 is 11.3 Å². The van der Waals surface area contributed by atoms with Crippen molar-refractivity contribution in [3.05, 3.63) is 22.4 Å². The first-order valence-electron chi connectivity index (χ1n) is 7.76. The highest BCUT2D eigenvalue weighted by atomic mass is 32.1. The van der Waals surface area contributed by atoms with Crippen LogP contribution in [0.25, 0.3) is 10.8 Å². The molecule has 1 saturated heterocycles. The van der Waals surface area contributed by atoms with Gasteiger partial charge in [-0.2, -0.15) is 13.2 Å². The Labute approximate surface area is 135 Å². The van der Waals surface area contributed by atoms with E-state index in [1.54, 1.807) is 11.3 Å². The van der Waals surface area contributed by atoms with Crippen molar-refractivity contribution in [3.63, 3.8) is 0 Å². The molecule has 1 atom stereocenters. The molecule has 2 aromatic heterocycles. The van der Waals surface area contributed by atoms with Gasteiger partial charge in [0.2, 0.25) is 5.89 Å². The molecule has 4 rings (SSSR count). The van der Waals surface area contributed by atoms with Crippen molar-refractivity contribution in [1.82, 2.24) is 15.1 Å². The number of hydrogen-bond donors (Lipinski definition) is 0. The third-order valence-electron chi connectivity index (χ3n) is 4.52. The Morgan fingerprint density at radius 2 is 2.09 bits per heavy atom. The maximum absolute atomic E-state index is 12.7. The minimum absolute atomic E-state index is 0.0578. The van der Waals surface area contributed by atoms with E-state index in [-0.39, 0.29) is 18.9 Å². The van der Waals surface area contributed by atoms with Gasteiger partial charge in [0, 0.05) is 11.4 Å². The summed E-state index contributed by atoms with van der Waals surface area (Å²) in [6.45, 7) is 0.470. The first kappa shape index (κ1) is 15.1. The number of nitrogens with zero attached hydrogens (tertiary/aromatic N) is 3. The molecule has 0 N–H and O–H groups in total. The summed E-state index contributed by atoms with van der Waals surface area (Å²) in [7, 11) is 0. The van der Waals surface area contributed by atoms with Gasteiger partial charge in [0.05, 0.1) is 11.4 Å². The lowest BCUT2D eigenvalue weighted by atomic mass is 9.99. The number of alkyl halides is 3. The maximum atomic E-state index is 12.7. The van der Waals surface area contributed by atoms with Crippen molar-refractivity contribution in [3.8, 4) is 10.8 Å². The fraction of sp³-hybridized carbons (Fsp3) is 0.600. The van der Waals surface area contributed by atoms with Crippen LogP contribution in [-0.2, 0) is 19.4 Å². The fourth-order valence-electron chi connectivity index (χ4n) is 3.19. The number of fused-ring (bicyclic) bond motifs is 1. The highest BCUT2D eigenvalue weighted by molar-refractivity contribution is 7.15. The molecule has 3 heterocycles. The molecule has 0 saturated carbocycles. The van der Waals surface area contributed by atoms with E-state index in [9.17, 15) is 13.2 Å². The van der Waals surface area contributed by atoms with Gasteiger partial charge < -0.3 is 4.42 Å². The second-order valence-electron chi connectivity index (χ2n) is 6.08. The Morgan fingerprint density at radius 1 is 1.26 bits per heavy atom. The van der Waals surface area contributed by atoms with Crippen LogP contribution < -0.4 is 0 Å². The van der Waals surface area contributed by atoms with Crippen LogP contribution in [0.5, 0.6) is 0 Å². The molecule has 4 nitrogen and oxygen atoms in total. The molecule has 8 heteroatoms. The molecular formula is C15H16F3N3OS. The highest BCUT2D eigenvalue weighted by Crippen LogP contribution is 2.36. The van der Waals surface area contributed by atoms with E-state index in [0.717, 1.165) is 17.7 Å². The van der Waals surface area contributed by atoms with Crippen molar-refractivity contribution in [2.75, 3.05) is 6.54 Å². The zero-order valence-electron chi connectivity index (χ0n) is 12.4. The summed E-state index contributed by atoms with van der Waals surface area (Å²) in [5, 5.41) is 7.93. The van der Waals surface area contributed by atoms with Crippen molar-refractivity contribution in [1.29, 1.82) is 0 Å². The first-order chi connectivity index (χ1) is 11.0. The van der Waals surface area contributed by atoms with Gasteiger partial charge >= 0.3 is 6.18 Å². The van der Waals surface area contributed by atoms with E-state index in [1.165, 1.54) is 28.2 Å². The quantitative estimate of drug-likeness (QED) is 0.850. The summed E-state index contributed by atoms with van der Waals surface area (Å²) < 4.78 is 43.8. The number of likely N-dealkylation sites (tertiary alicyclic amines) is 1. The Balaban J connectivity index is 1.48. The standard InChI is InChI=1S/C15H16F3N3OS/c16-15(17,18)12-5-6-21(12)8-13-19-20-14(22-13)11-7-9-3-1-2-4-10(9)23-11/h7,12H,1-6,8H2. The molecular weight excluding hydrogens is 327 g/mol. The molecule has 1 aliphatic carbocycles. The molecule has 0 radical (unpaired) electrons. The van der Waals surface area contributed by atoms with Crippen LogP contribution in [0.4, 0.5) is 13.2 Å². The van der Waals surface area contributed by atoms with Crippen LogP contribution in [0.1, 0.15) is 35.6 Å². The predicted octanol–water partition coefficient (Wildman–Crippen LogP) is 3.81. The summed E-state index contributed by atoms with van der Waals surface area (Å²) in [5.74, 6) is 0.670. The van der Waals surface area contributed by atoms with E-state index in [0.29, 0.717) is 12.4 Å². The zero-order valence-corrected chi connectivity index (χ0v) is 13.2. The van der Waals surface area contributed by atoms with Gasteiger partial charge in [-0.1, -0.05) is 0 Å². The minimum Gasteiger partial charge on any atom is -0.419 e. The molecule has 0 amide bonds. The Bertz CT molecular complexity index is 686. The SMILES string of the molecule is FC(F)(F)C1CCN1Cc1nnc(-c2cc3c(s2)CCCC3)o1. The minimum atomic E-state index is -4.19. The molecule has 0 spiro atoms. The van der Waals surface area contributed by atoms with Crippen LogP contribution in [0, 0.1) is 0 Å². The van der Waals surface area contributed by atoms with Crippen molar-refractivity contribution < 1.29 is 17.6 Å². The number of aromatic nitrogens is 2. The van der Waals surface area contributed by atoms with E-state index in [4.69, 9.17) is 4.42 Å². The van der Waals surface area contributed by atoms with Gasteiger partial charge in [-0.05, 0) is 43.7 Å². The van der Waals surface area contributed by atoms with Crippen LogP contribution in [0.3, 0.4) is 0 Å². The molecule has 1 fully saturated rings. The molecule has 0 aromatic carbocycles. The monoisotopic (exact) mass is 343 g/mol. The smallest absolute Gasteiger partial charge is 0.404 e. The molecule has 0 bridgehead atoms. The van der Waals surface area contributed by atoms with Gasteiger partial charge in [0.15, 0.2) is 0 Å². The van der Waals surface area contributed by atoms with Gasteiger partial charge in [-0.25, -0.2) is 0 Å². The summed E-state index contributed by atoms with van der Waals surface area (Å²) >= 11 is 1.66. The summed E-state index contributed by atoms with van der Waals surface area (Å²) in [4.78, 5) is 3.62. The van der Waals surface area contributed by atoms with Crippen molar-refractivity contribution in [2.24, 2.45) is 0 Å². The number of thiophene rings is 1. The van der Waals surface area contributed by atoms with Crippen LogP contribution in [-0.4, -0.2) is 33.9 Å². The van der Waals surface area contributed by atoms with Crippen LogP contribution in [0.2, 0.25) is 0 Å². The first-order valence-corrected chi connectivity index (χ1v) is 8.57. The second kappa shape index (κ2) is 5.59. The lowest BCUT2D eigenvalue weighted by Crippen LogP contribution is -2.55. The van der Waals surface area contributed by atoms with Crippen LogP contribution in [0.15, 0.2) is 10.5 Å². The molecule has 2 aromatic rings. The second-order valence-corrected chi connectivity index (χ2v) is 7.22. The molecule has 1 aliphatic heterocycles. The van der Waals surface area contributed by atoms with E-state index < -0.39 is 12.2 Å². The molecule has 2 aliphatic rings. The Morgan fingerprint density at radius 3 is 2.78 bits per heavy atom. The topological polar surface area (TPSA) is 42.2 Å². The average Bonchev–Trinajstić information content (AvgIpc) is 3.08. The fourth-order valence-corrected chi connectivity index (χ4v) is 4.36. The van der Waals surface area contributed by atoms with Crippen molar-refractivity contribution in [2.45, 2.75) is 50.9 Å². The number of aryl methyl sites for hydroxylation is 2. The largest absolute Gasteiger partial charge is 0.419 e. The Kier molecular flexibility index (Phi) is 3.68. The zero-order chi connectivity index (χ0) is 16.0. The van der Waals surface area contributed by atoms with Gasteiger partial charge in [-0.15, -0.1) is 21.5 Å². The summed E-state index contributed by atoms with van der Waals surface area (Å²) in [6, 6.07) is 0.699. The van der Waals surface area contributed by atoms with Gasteiger partial charge in [-0.3, -0.25) is 4.90 Å². The third kappa shape index (κ3) is 2.89. The van der Waals surface area contributed by atoms with E-state index in [2.05, 4.69) is 16.3 Å². The molecule has 1 unspecified atom stereocenters. The Hall–Kier alpha value is -1.41. The summed E-state index contributed by atoms with van der Waals surface area (Å²) in [6.07, 6.45) is 0.522. The third-order valence-corrected chi connectivity index (χ3v) is 5.75. The molecule has 23 heavy (non-hydrogen) atoms. The predicted molar refractivity (Wildman–Crippen MR) is 79.1 cm³/mol. The van der Waals surface area contributed by atoms with E-state index in [1.807, 2.05) is 0 Å². The number of halogens is 3. The maximum Gasteiger partial charge on any atom is 0.404 e. The highest BCUT2D eigenvalue weighted by Gasteiger charge is 2.48. The van der Waals surface area contributed by atoms with Gasteiger partial charge in [0.25, 0.3) is 5.89 Å². The number of hydrogen-bond acceptors (Lipinski definition) is 5. The lowest BCUT2D eigenvalue weighted by molar-refractivity contribution is -0.213. The van der Waals surface area contributed by atoms with Crippen LogP contribution >= 0.6 is 11.3 Å². The lowest BCUT2D eigenvalue weighted by Gasteiger charge is -2.40. The molecule has 124 valence electrons. The average molecular weight is 343 g/mol. The summed E-state index contributed by atoms with van der Waals surface area (Å²) in [5.41, 5.74) is 1.34.